The normalized spacial score (nSPS) is 21.2. The summed E-state index contributed by atoms with van der Waals surface area (Å²) in [5.74, 6) is 1.02. The van der Waals surface area contributed by atoms with Gasteiger partial charge in [-0.3, -0.25) is 9.78 Å². The molecule has 7 heteroatoms. The van der Waals surface area contributed by atoms with Crippen molar-refractivity contribution < 1.29 is 0 Å². The van der Waals surface area contributed by atoms with Crippen molar-refractivity contribution in [1.29, 1.82) is 0 Å². The lowest BCUT2D eigenvalue weighted by atomic mass is 9.91. The molecule has 0 amide bonds. The Hall–Kier alpha value is -3.09. The lowest BCUT2D eigenvalue weighted by molar-refractivity contribution is 0.304. The van der Waals surface area contributed by atoms with Crippen LogP contribution in [0.2, 0.25) is 0 Å². The number of nitrogens with zero attached hydrogens (tertiary/aromatic N) is 5. The van der Waals surface area contributed by atoms with Crippen molar-refractivity contribution in [2.24, 2.45) is 0 Å². The molecule has 2 aliphatic carbocycles. The van der Waals surface area contributed by atoms with Crippen molar-refractivity contribution in [1.82, 2.24) is 24.7 Å². The number of hydrogen-bond acceptors (Lipinski definition) is 6. The van der Waals surface area contributed by atoms with E-state index in [4.69, 9.17) is 0 Å². The Morgan fingerprint density at radius 1 is 0.968 bits per heavy atom. The molecule has 7 nitrogen and oxygen atoms in total. The van der Waals surface area contributed by atoms with Crippen LogP contribution in [0.1, 0.15) is 62.2 Å². The highest BCUT2D eigenvalue weighted by Crippen LogP contribution is 2.31. The molecule has 0 saturated heterocycles. The maximum atomic E-state index is 12.5. The first-order chi connectivity index (χ1) is 15.3. The molecule has 1 N–H and O–H groups in total. The number of anilines is 1. The molecule has 31 heavy (non-hydrogen) atoms. The topological polar surface area (TPSA) is 85.6 Å². The van der Waals surface area contributed by atoms with Crippen molar-refractivity contribution in [3.63, 3.8) is 0 Å². The van der Waals surface area contributed by atoms with E-state index in [0.29, 0.717) is 6.04 Å². The molecular formula is C24H28N6O. The minimum Gasteiger partial charge on any atom is -0.367 e. The predicted octanol–water partition coefficient (Wildman–Crippen LogP) is 3.96. The SMILES string of the molecule is O=c1ccc(-c2cccnc2)nn1C1CCC(Nc2ncnc3c2CCCCC3)CC1. The van der Waals surface area contributed by atoms with E-state index in [-0.39, 0.29) is 11.6 Å². The second-order valence-electron chi connectivity index (χ2n) is 8.60. The number of aromatic nitrogens is 5. The van der Waals surface area contributed by atoms with E-state index in [1.807, 2.05) is 12.1 Å². The van der Waals surface area contributed by atoms with E-state index in [1.54, 1.807) is 35.5 Å². The fourth-order valence-corrected chi connectivity index (χ4v) is 4.84. The number of fused-ring (bicyclic) bond motifs is 1. The van der Waals surface area contributed by atoms with Crippen molar-refractivity contribution in [3.05, 3.63) is 64.6 Å². The van der Waals surface area contributed by atoms with Crippen molar-refractivity contribution in [2.45, 2.75) is 69.9 Å². The number of hydrogen-bond donors (Lipinski definition) is 1. The highest BCUT2D eigenvalue weighted by molar-refractivity contribution is 5.56. The van der Waals surface area contributed by atoms with Crippen LogP contribution in [0.25, 0.3) is 11.3 Å². The summed E-state index contributed by atoms with van der Waals surface area (Å²) in [7, 11) is 0. The summed E-state index contributed by atoms with van der Waals surface area (Å²) < 4.78 is 1.68. The summed E-state index contributed by atoms with van der Waals surface area (Å²) in [4.78, 5) is 25.8. The molecule has 0 radical (unpaired) electrons. The van der Waals surface area contributed by atoms with Crippen LogP contribution in [-0.2, 0) is 12.8 Å². The number of nitrogens with one attached hydrogen (secondary N) is 1. The predicted molar refractivity (Wildman–Crippen MR) is 120 cm³/mol. The van der Waals surface area contributed by atoms with E-state index in [2.05, 4.69) is 25.4 Å². The van der Waals surface area contributed by atoms with Gasteiger partial charge in [0.25, 0.3) is 5.56 Å². The Balaban J connectivity index is 1.28. The van der Waals surface area contributed by atoms with Crippen LogP contribution >= 0.6 is 0 Å². The van der Waals surface area contributed by atoms with Crippen LogP contribution in [0.15, 0.2) is 47.8 Å². The average Bonchev–Trinajstić information content (AvgIpc) is 3.07. The summed E-state index contributed by atoms with van der Waals surface area (Å²) in [5, 5.41) is 8.36. The van der Waals surface area contributed by atoms with Gasteiger partial charge in [-0.15, -0.1) is 0 Å². The minimum absolute atomic E-state index is 0.0369. The third-order valence-electron chi connectivity index (χ3n) is 6.54. The van der Waals surface area contributed by atoms with Crippen LogP contribution in [0, 0.1) is 0 Å². The zero-order valence-corrected chi connectivity index (χ0v) is 17.7. The van der Waals surface area contributed by atoms with Crippen LogP contribution in [0.5, 0.6) is 0 Å². The van der Waals surface area contributed by atoms with Gasteiger partial charge in [-0.1, -0.05) is 6.42 Å². The Morgan fingerprint density at radius 3 is 2.68 bits per heavy atom. The van der Waals surface area contributed by atoms with Gasteiger partial charge in [0.2, 0.25) is 0 Å². The molecule has 3 aromatic rings. The molecular weight excluding hydrogens is 388 g/mol. The van der Waals surface area contributed by atoms with Gasteiger partial charge in [-0.25, -0.2) is 14.6 Å². The van der Waals surface area contributed by atoms with Crippen LogP contribution < -0.4 is 10.9 Å². The maximum absolute atomic E-state index is 12.5. The molecule has 5 rings (SSSR count). The zero-order chi connectivity index (χ0) is 21.0. The second kappa shape index (κ2) is 8.96. The minimum atomic E-state index is -0.0369. The zero-order valence-electron chi connectivity index (χ0n) is 17.7. The number of aryl methyl sites for hydroxylation is 1. The molecule has 2 aliphatic rings. The average molecular weight is 417 g/mol. The van der Waals surface area contributed by atoms with Crippen LogP contribution in [0.3, 0.4) is 0 Å². The molecule has 0 bridgehead atoms. The largest absolute Gasteiger partial charge is 0.367 e. The van der Waals surface area contributed by atoms with Gasteiger partial charge in [0, 0.05) is 41.3 Å². The highest BCUT2D eigenvalue weighted by atomic mass is 16.1. The van der Waals surface area contributed by atoms with E-state index >= 15 is 0 Å². The summed E-state index contributed by atoms with van der Waals surface area (Å²) in [5.41, 5.74) is 4.20. The molecule has 160 valence electrons. The van der Waals surface area contributed by atoms with E-state index < -0.39 is 0 Å². The lowest BCUT2D eigenvalue weighted by Crippen LogP contribution is -2.33. The number of rotatable bonds is 4. The maximum Gasteiger partial charge on any atom is 0.267 e. The molecule has 0 unspecified atom stereocenters. The fraction of sp³-hybridized carbons (Fsp3) is 0.458. The van der Waals surface area contributed by atoms with E-state index in [1.165, 1.54) is 30.5 Å². The van der Waals surface area contributed by atoms with Crippen LogP contribution in [0.4, 0.5) is 5.82 Å². The second-order valence-corrected chi connectivity index (χ2v) is 8.60. The first-order valence-corrected chi connectivity index (χ1v) is 11.4. The first kappa shape index (κ1) is 19.8. The molecule has 3 aromatic heterocycles. The van der Waals surface area contributed by atoms with E-state index in [9.17, 15) is 4.79 Å². The molecule has 0 aromatic carbocycles. The van der Waals surface area contributed by atoms with Gasteiger partial charge in [0.15, 0.2) is 0 Å². The molecule has 1 saturated carbocycles. The van der Waals surface area contributed by atoms with Gasteiger partial charge in [-0.2, -0.15) is 5.10 Å². The lowest BCUT2D eigenvalue weighted by Gasteiger charge is -2.30. The monoisotopic (exact) mass is 416 g/mol. The van der Waals surface area contributed by atoms with Crippen LogP contribution in [-0.4, -0.2) is 30.8 Å². The summed E-state index contributed by atoms with van der Waals surface area (Å²) in [6.45, 7) is 0. The number of pyridine rings is 1. The summed E-state index contributed by atoms with van der Waals surface area (Å²) >= 11 is 0. The smallest absolute Gasteiger partial charge is 0.267 e. The Labute approximate surface area is 182 Å². The fourth-order valence-electron chi connectivity index (χ4n) is 4.84. The van der Waals surface area contributed by atoms with Crippen molar-refractivity contribution in [2.75, 3.05) is 5.32 Å². The van der Waals surface area contributed by atoms with Gasteiger partial charge >= 0.3 is 0 Å². The standard InChI is InChI=1S/C24H28N6O/c31-23-13-12-21(17-5-4-14-25-15-17)29-30(23)19-10-8-18(9-11-19)28-24-20-6-2-1-3-7-22(20)26-16-27-24/h4-5,12-16,18-19H,1-3,6-11H2,(H,26,27,28). The van der Waals surface area contributed by atoms with Crippen molar-refractivity contribution in [3.8, 4) is 11.3 Å². The molecule has 1 fully saturated rings. The summed E-state index contributed by atoms with van der Waals surface area (Å²) in [6.07, 6.45) is 14.9. The first-order valence-electron chi connectivity index (χ1n) is 11.4. The summed E-state index contributed by atoms with van der Waals surface area (Å²) in [6, 6.07) is 7.76. The molecule has 0 spiro atoms. The van der Waals surface area contributed by atoms with Gasteiger partial charge < -0.3 is 5.32 Å². The Morgan fingerprint density at radius 2 is 1.84 bits per heavy atom. The Bertz CT molecular complexity index is 1090. The van der Waals surface area contributed by atoms with Gasteiger partial charge in [0.1, 0.15) is 12.1 Å². The molecule has 3 heterocycles. The van der Waals surface area contributed by atoms with Crippen molar-refractivity contribution >= 4 is 5.82 Å². The third-order valence-corrected chi connectivity index (χ3v) is 6.54. The highest BCUT2D eigenvalue weighted by Gasteiger charge is 2.25. The van der Waals surface area contributed by atoms with E-state index in [0.717, 1.165) is 55.6 Å². The molecule has 0 atom stereocenters. The van der Waals surface area contributed by atoms with Gasteiger partial charge in [-0.05, 0) is 69.6 Å². The quantitative estimate of drug-likeness (QED) is 0.648. The third kappa shape index (κ3) is 4.36. The molecule has 0 aliphatic heterocycles. The van der Waals surface area contributed by atoms with Gasteiger partial charge in [0.05, 0.1) is 11.7 Å². The Kier molecular flexibility index (Phi) is 5.74.